The normalized spacial score (nSPS) is 30.0. The molecule has 0 amide bonds. The Morgan fingerprint density at radius 3 is 2.85 bits per heavy atom. The van der Waals surface area contributed by atoms with Crippen molar-refractivity contribution in [2.75, 3.05) is 13.1 Å². The number of hydrogen-bond donors (Lipinski definition) is 3. The van der Waals surface area contributed by atoms with Crippen LogP contribution in [0.5, 0.6) is 0 Å². The summed E-state index contributed by atoms with van der Waals surface area (Å²) in [6.07, 6.45) is 2.06. The van der Waals surface area contributed by atoms with Crippen LogP contribution in [-0.4, -0.2) is 35.9 Å². The average molecular weight is 186 g/mol. The van der Waals surface area contributed by atoms with Crippen LogP contribution < -0.4 is 10.6 Å². The van der Waals surface area contributed by atoms with Gasteiger partial charge in [-0.15, -0.1) is 0 Å². The molecule has 1 heterocycles. The van der Waals surface area contributed by atoms with Crippen LogP contribution in [0.25, 0.3) is 0 Å². The predicted molar refractivity (Wildman–Crippen MR) is 54.8 cm³/mol. The summed E-state index contributed by atoms with van der Waals surface area (Å²) >= 11 is 0. The van der Waals surface area contributed by atoms with Crippen molar-refractivity contribution in [3.05, 3.63) is 0 Å². The van der Waals surface area contributed by atoms with Crippen LogP contribution in [-0.2, 0) is 0 Å². The molecule has 3 N–H and O–H groups in total. The van der Waals surface area contributed by atoms with E-state index in [4.69, 9.17) is 5.11 Å². The number of aliphatic hydroxyl groups excluding tert-OH is 1. The van der Waals surface area contributed by atoms with Crippen molar-refractivity contribution in [2.45, 2.75) is 51.3 Å². The fourth-order valence-electron chi connectivity index (χ4n) is 1.89. The Bertz CT molecular complexity index is 157. The van der Waals surface area contributed by atoms with E-state index in [2.05, 4.69) is 24.5 Å². The molecule has 13 heavy (non-hydrogen) atoms. The first-order valence-electron chi connectivity index (χ1n) is 5.16. The number of hydrogen-bond acceptors (Lipinski definition) is 3. The first kappa shape index (κ1) is 11.0. The highest BCUT2D eigenvalue weighted by Crippen LogP contribution is 2.17. The number of nitrogens with one attached hydrogen (secondary N) is 2. The van der Waals surface area contributed by atoms with E-state index in [1.165, 1.54) is 0 Å². The molecule has 0 aromatic rings. The molecule has 0 aromatic heterocycles. The lowest BCUT2D eigenvalue weighted by molar-refractivity contribution is 0.171. The van der Waals surface area contributed by atoms with Crippen LogP contribution in [0.2, 0.25) is 0 Å². The second-order valence-electron chi connectivity index (χ2n) is 4.76. The van der Waals surface area contributed by atoms with E-state index in [1.807, 2.05) is 6.92 Å². The fourth-order valence-corrected chi connectivity index (χ4v) is 1.89. The summed E-state index contributed by atoms with van der Waals surface area (Å²) in [5.41, 5.74) is 0.245. The van der Waals surface area contributed by atoms with E-state index in [9.17, 15) is 0 Å². The Kier molecular flexibility index (Phi) is 3.71. The Morgan fingerprint density at radius 1 is 1.62 bits per heavy atom. The van der Waals surface area contributed by atoms with Gasteiger partial charge in [0.2, 0.25) is 0 Å². The summed E-state index contributed by atoms with van der Waals surface area (Å²) in [4.78, 5) is 0. The zero-order valence-corrected chi connectivity index (χ0v) is 8.93. The van der Waals surface area contributed by atoms with Gasteiger partial charge in [0.15, 0.2) is 0 Å². The van der Waals surface area contributed by atoms with E-state index < -0.39 is 0 Å². The maximum absolute atomic E-state index is 9.13. The van der Waals surface area contributed by atoms with Gasteiger partial charge >= 0.3 is 0 Å². The standard InChI is InChI=1S/C10H22N2O/c1-8(13)7-11-9-4-5-12-10(2,3)6-9/h8-9,11-13H,4-7H2,1-3H3/t8-,9?/m0/s1. The minimum atomic E-state index is -0.238. The fraction of sp³-hybridized carbons (Fsp3) is 1.00. The van der Waals surface area contributed by atoms with Gasteiger partial charge in [-0.05, 0) is 40.2 Å². The molecule has 0 saturated carbocycles. The van der Waals surface area contributed by atoms with Gasteiger partial charge in [0.05, 0.1) is 6.10 Å². The van der Waals surface area contributed by atoms with Crippen LogP contribution in [0.1, 0.15) is 33.6 Å². The molecule has 3 nitrogen and oxygen atoms in total. The maximum Gasteiger partial charge on any atom is 0.0636 e. The van der Waals surface area contributed by atoms with E-state index >= 15 is 0 Å². The summed E-state index contributed by atoms with van der Waals surface area (Å²) < 4.78 is 0. The van der Waals surface area contributed by atoms with E-state index in [0.717, 1.165) is 19.4 Å². The van der Waals surface area contributed by atoms with Crippen molar-refractivity contribution < 1.29 is 5.11 Å². The molecule has 1 saturated heterocycles. The highest BCUT2D eigenvalue weighted by Gasteiger charge is 2.26. The van der Waals surface area contributed by atoms with Gasteiger partial charge in [0.1, 0.15) is 0 Å². The Morgan fingerprint density at radius 2 is 2.31 bits per heavy atom. The SMILES string of the molecule is C[C@H](O)CNC1CCNC(C)(C)C1. The van der Waals surface area contributed by atoms with Gasteiger partial charge < -0.3 is 15.7 Å². The van der Waals surface area contributed by atoms with Crippen LogP contribution in [0.3, 0.4) is 0 Å². The summed E-state index contributed by atoms with van der Waals surface area (Å²) in [6.45, 7) is 8.05. The zero-order valence-electron chi connectivity index (χ0n) is 8.93. The highest BCUT2D eigenvalue weighted by molar-refractivity contribution is 4.89. The quantitative estimate of drug-likeness (QED) is 0.601. The molecular weight excluding hydrogens is 164 g/mol. The molecule has 0 bridgehead atoms. The molecule has 3 heteroatoms. The lowest BCUT2D eigenvalue weighted by atomic mass is 9.89. The van der Waals surface area contributed by atoms with Crippen molar-refractivity contribution >= 4 is 0 Å². The smallest absolute Gasteiger partial charge is 0.0636 e. The van der Waals surface area contributed by atoms with E-state index in [1.54, 1.807) is 0 Å². The number of rotatable bonds is 3. The van der Waals surface area contributed by atoms with Gasteiger partial charge in [-0.2, -0.15) is 0 Å². The second kappa shape index (κ2) is 4.40. The van der Waals surface area contributed by atoms with E-state index in [0.29, 0.717) is 12.6 Å². The monoisotopic (exact) mass is 186 g/mol. The van der Waals surface area contributed by atoms with Crippen molar-refractivity contribution in [3.8, 4) is 0 Å². The van der Waals surface area contributed by atoms with Gasteiger partial charge in [0.25, 0.3) is 0 Å². The molecule has 1 fully saturated rings. The lowest BCUT2D eigenvalue weighted by Gasteiger charge is -2.37. The first-order valence-corrected chi connectivity index (χ1v) is 5.16. The minimum absolute atomic E-state index is 0.238. The van der Waals surface area contributed by atoms with Crippen molar-refractivity contribution in [3.63, 3.8) is 0 Å². The van der Waals surface area contributed by atoms with Crippen LogP contribution in [0.15, 0.2) is 0 Å². The molecule has 78 valence electrons. The van der Waals surface area contributed by atoms with Crippen molar-refractivity contribution in [2.24, 2.45) is 0 Å². The van der Waals surface area contributed by atoms with Crippen molar-refractivity contribution in [1.82, 2.24) is 10.6 Å². The molecule has 1 rings (SSSR count). The molecule has 0 spiro atoms. The van der Waals surface area contributed by atoms with Gasteiger partial charge in [-0.3, -0.25) is 0 Å². The summed E-state index contributed by atoms with van der Waals surface area (Å²) in [5, 5.41) is 16.0. The maximum atomic E-state index is 9.13. The first-order chi connectivity index (χ1) is 5.99. The minimum Gasteiger partial charge on any atom is -0.392 e. The predicted octanol–water partition coefficient (Wildman–Crippen LogP) is 0.487. The van der Waals surface area contributed by atoms with Gasteiger partial charge in [-0.1, -0.05) is 0 Å². The highest BCUT2D eigenvalue weighted by atomic mass is 16.3. The largest absolute Gasteiger partial charge is 0.392 e. The third-order valence-corrected chi connectivity index (χ3v) is 2.56. The third-order valence-electron chi connectivity index (χ3n) is 2.56. The summed E-state index contributed by atoms with van der Waals surface area (Å²) in [7, 11) is 0. The molecule has 0 aromatic carbocycles. The van der Waals surface area contributed by atoms with Gasteiger partial charge in [0, 0.05) is 18.1 Å². The summed E-state index contributed by atoms with van der Waals surface area (Å²) in [5.74, 6) is 0. The average Bonchev–Trinajstić information content (AvgIpc) is 1.99. The molecule has 0 radical (unpaired) electrons. The topological polar surface area (TPSA) is 44.3 Å². The van der Waals surface area contributed by atoms with Crippen LogP contribution in [0.4, 0.5) is 0 Å². The van der Waals surface area contributed by atoms with Crippen LogP contribution in [0, 0.1) is 0 Å². The Hall–Kier alpha value is -0.120. The summed E-state index contributed by atoms with van der Waals surface area (Å²) in [6, 6.07) is 0.561. The number of aliphatic hydroxyl groups is 1. The molecular formula is C10H22N2O. The van der Waals surface area contributed by atoms with Crippen LogP contribution >= 0.6 is 0 Å². The molecule has 0 aliphatic carbocycles. The molecule has 1 unspecified atom stereocenters. The van der Waals surface area contributed by atoms with E-state index in [-0.39, 0.29) is 11.6 Å². The second-order valence-corrected chi connectivity index (χ2v) is 4.76. The zero-order chi connectivity index (χ0) is 9.90. The molecule has 2 atom stereocenters. The number of piperidine rings is 1. The Balaban J connectivity index is 2.26. The van der Waals surface area contributed by atoms with Gasteiger partial charge in [-0.25, -0.2) is 0 Å². The lowest BCUT2D eigenvalue weighted by Crippen LogP contribution is -2.52. The Labute approximate surface area is 80.9 Å². The molecule has 1 aliphatic rings. The third kappa shape index (κ3) is 4.07. The van der Waals surface area contributed by atoms with Crippen molar-refractivity contribution in [1.29, 1.82) is 0 Å². The molecule has 1 aliphatic heterocycles.